The van der Waals surface area contributed by atoms with Gasteiger partial charge >= 0.3 is 5.97 Å². The number of benzene rings is 1. The van der Waals surface area contributed by atoms with Crippen LogP contribution in [0, 0.1) is 25.2 Å². The number of rotatable bonds is 2. The molecule has 1 aromatic heterocycles. The lowest BCUT2D eigenvalue weighted by Gasteiger charge is -2.04. The summed E-state index contributed by atoms with van der Waals surface area (Å²) in [5.41, 5.74) is 2.83. The molecular weight excluding hydrogens is 232 g/mol. The number of nitriles is 1. The van der Waals surface area contributed by atoms with Crippen LogP contribution in [0.2, 0.25) is 0 Å². The molecule has 0 bridgehead atoms. The van der Waals surface area contributed by atoms with E-state index in [4.69, 9.17) is 14.9 Å². The Morgan fingerprint density at radius 1 is 1.33 bits per heavy atom. The Kier molecular flexibility index (Phi) is 2.86. The molecule has 1 heterocycles. The summed E-state index contributed by atoms with van der Waals surface area (Å²) in [4.78, 5) is 10.7. The molecule has 0 spiro atoms. The first kappa shape index (κ1) is 11.9. The second kappa shape index (κ2) is 4.34. The number of nitrogens with zero attached hydrogens (tertiary/aromatic N) is 2. The van der Waals surface area contributed by atoms with Gasteiger partial charge in [0.25, 0.3) is 0 Å². The second-order valence-corrected chi connectivity index (χ2v) is 3.98. The highest BCUT2D eigenvalue weighted by atomic mass is 16.5. The van der Waals surface area contributed by atoms with Crippen molar-refractivity contribution >= 4 is 5.97 Å². The van der Waals surface area contributed by atoms with E-state index in [1.165, 1.54) is 6.07 Å². The zero-order valence-electron chi connectivity index (χ0n) is 9.89. The van der Waals surface area contributed by atoms with E-state index in [9.17, 15) is 4.79 Å². The van der Waals surface area contributed by atoms with Crippen molar-refractivity contribution < 1.29 is 14.4 Å². The van der Waals surface area contributed by atoms with Crippen molar-refractivity contribution in [1.29, 1.82) is 5.26 Å². The van der Waals surface area contributed by atoms with Crippen molar-refractivity contribution in [3.05, 3.63) is 40.6 Å². The molecule has 0 aliphatic heterocycles. The average Bonchev–Trinajstić information content (AvgIpc) is 2.78. The number of hydrogen-bond donors (Lipinski definition) is 1. The van der Waals surface area contributed by atoms with Crippen LogP contribution >= 0.6 is 0 Å². The van der Waals surface area contributed by atoms with Crippen LogP contribution in [0.3, 0.4) is 0 Å². The third-order valence-corrected chi connectivity index (χ3v) is 2.69. The van der Waals surface area contributed by atoms with Crippen LogP contribution in [0.1, 0.15) is 27.2 Å². The summed E-state index contributed by atoms with van der Waals surface area (Å²) in [6, 6.07) is 6.97. The van der Waals surface area contributed by atoms with Gasteiger partial charge in [-0.15, -0.1) is 0 Å². The normalized spacial score (nSPS) is 10.1. The smallest absolute Gasteiger partial charge is 0.358 e. The van der Waals surface area contributed by atoms with Crippen LogP contribution in [0.25, 0.3) is 11.3 Å². The van der Waals surface area contributed by atoms with Crippen molar-refractivity contribution in [1.82, 2.24) is 5.16 Å². The molecule has 0 atom stereocenters. The summed E-state index contributed by atoms with van der Waals surface area (Å²) >= 11 is 0. The second-order valence-electron chi connectivity index (χ2n) is 3.98. The molecule has 2 rings (SSSR count). The van der Waals surface area contributed by atoms with Gasteiger partial charge in [0.2, 0.25) is 0 Å². The SMILES string of the molecule is Cc1cc(C)c(-c2cc(C(=O)O)no2)cc1C#N. The molecule has 90 valence electrons. The summed E-state index contributed by atoms with van der Waals surface area (Å²) in [5, 5.41) is 21.2. The minimum atomic E-state index is -1.14. The fraction of sp³-hybridized carbons (Fsp3) is 0.154. The van der Waals surface area contributed by atoms with Gasteiger partial charge in [-0.25, -0.2) is 4.79 Å². The van der Waals surface area contributed by atoms with E-state index in [2.05, 4.69) is 11.2 Å². The summed E-state index contributed by atoms with van der Waals surface area (Å²) in [6.07, 6.45) is 0. The Bertz CT molecular complexity index is 665. The van der Waals surface area contributed by atoms with Gasteiger partial charge in [0.05, 0.1) is 11.6 Å². The van der Waals surface area contributed by atoms with Crippen molar-refractivity contribution in [3.8, 4) is 17.4 Å². The average molecular weight is 242 g/mol. The van der Waals surface area contributed by atoms with Crippen LogP contribution in [-0.4, -0.2) is 16.2 Å². The van der Waals surface area contributed by atoms with Gasteiger partial charge in [-0.1, -0.05) is 11.2 Å². The topological polar surface area (TPSA) is 87.1 Å². The Balaban J connectivity index is 2.56. The molecule has 0 radical (unpaired) electrons. The maximum atomic E-state index is 10.7. The molecular formula is C13H10N2O3. The lowest BCUT2D eigenvalue weighted by atomic mass is 9.99. The fourth-order valence-corrected chi connectivity index (χ4v) is 1.74. The summed E-state index contributed by atoms with van der Waals surface area (Å²) < 4.78 is 4.99. The van der Waals surface area contributed by atoms with Crippen LogP contribution in [0.5, 0.6) is 0 Å². The zero-order chi connectivity index (χ0) is 13.3. The Labute approximate surface area is 103 Å². The van der Waals surface area contributed by atoms with E-state index in [0.29, 0.717) is 16.9 Å². The Morgan fingerprint density at radius 3 is 2.61 bits per heavy atom. The first-order valence-electron chi connectivity index (χ1n) is 5.24. The molecule has 0 unspecified atom stereocenters. The van der Waals surface area contributed by atoms with Crippen LogP contribution in [0.15, 0.2) is 22.7 Å². The van der Waals surface area contributed by atoms with Crippen molar-refractivity contribution in [2.75, 3.05) is 0 Å². The highest BCUT2D eigenvalue weighted by Crippen LogP contribution is 2.27. The number of carboxylic acid groups (broad SMARTS) is 1. The molecule has 0 fully saturated rings. The molecule has 0 aliphatic carbocycles. The molecule has 18 heavy (non-hydrogen) atoms. The standard InChI is InChI=1S/C13H10N2O3/c1-7-3-8(2)10(4-9(7)6-14)12-5-11(13(16)17)15-18-12/h3-5H,1-2H3,(H,16,17). The van der Waals surface area contributed by atoms with Crippen molar-refractivity contribution in [2.45, 2.75) is 13.8 Å². The largest absolute Gasteiger partial charge is 0.476 e. The summed E-state index contributed by atoms with van der Waals surface area (Å²) in [6.45, 7) is 3.71. The van der Waals surface area contributed by atoms with E-state index in [1.807, 2.05) is 19.9 Å². The molecule has 5 heteroatoms. The van der Waals surface area contributed by atoms with Gasteiger partial charge in [-0.2, -0.15) is 5.26 Å². The maximum Gasteiger partial charge on any atom is 0.358 e. The fourth-order valence-electron chi connectivity index (χ4n) is 1.74. The first-order chi connectivity index (χ1) is 8.52. The minimum absolute atomic E-state index is 0.150. The van der Waals surface area contributed by atoms with Gasteiger partial charge < -0.3 is 9.63 Å². The number of aromatic nitrogens is 1. The molecule has 0 saturated heterocycles. The van der Waals surface area contributed by atoms with Crippen LogP contribution in [0.4, 0.5) is 0 Å². The van der Waals surface area contributed by atoms with Crippen molar-refractivity contribution in [3.63, 3.8) is 0 Å². The molecule has 0 amide bonds. The van der Waals surface area contributed by atoms with Gasteiger partial charge in [-0.3, -0.25) is 0 Å². The van der Waals surface area contributed by atoms with Gasteiger partial charge in [0.15, 0.2) is 11.5 Å². The van der Waals surface area contributed by atoms with E-state index in [1.54, 1.807) is 6.07 Å². The van der Waals surface area contributed by atoms with E-state index in [0.717, 1.165) is 11.1 Å². The number of hydrogen-bond acceptors (Lipinski definition) is 4. The van der Waals surface area contributed by atoms with E-state index < -0.39 is 5.97 Å². The summed E-state index contributed by atoms with van der Waals surface area (Å²) in [7, 11) is 0. The Hall–Kier alpha value is -2.61. The lowest BCUT2D eigenvalue weighted by molar-refractivity contribution is 0.0686. The maximum absolute atomic E-state index is 10.7. The molecule has 1 N–H and O–H groups in total. The number of carbonyl (C=O) groups is 1. The van der Waals surface area contributed by atoms with Crippen LogP contribution in [-0.2, 0) is 0 Å². The Morgan fingerprint density at radius 2 is 2.06 bits per heavy atom. The molecule has 1 aromatic carbocycles. The lowest BCUT2D eigenvalue weighted by Crippen LogP contribution is -1.94. The number of aryl methyl sites for hydroxylation is 2. The number of aromatic carboxylic acids is 1. The van der Waals surface area contributed by atoms with Crippen LogP contribution < -0.4 is 0 Å². The third-order valence-electron chi connectivity index (χ3n) is 2.69. The van der Waals surface area contributed by atoms with E-state index in [-0.39, 0.29) is 5.69 Å². The minimum Gasteiger partial charge on any atom is -0.476 e. The number of carboxylic acids is 1. The molecule has 2 aromatic rings. The van der Waals surface area contributed by atoms with Gasteiger partial charge in [0, 0.05) is 11.6 Å². The predicted octanol–water partition coefficient (Wildman–Crippen LogP) is 2.53. The van der Waals surface area contributed by atoms with Gasteiger partial charge in [-0.05, 0) is 31.0 Å². The third kappa shape index (κ3) is 1.96. The first-order valence-corrected chi connectivity index (χ1v) is 5.24. The quantitative estimate of drug-likeness (QED) is 0.874. The predicted molar refractivity (Wildman–Crippen MR) is 63.1 cm³/mol. The molecule has 5 nitrogen and oxygen atoms in total. The molecule has 0 aliphatic rings. The monoisotopic (exact) mass is 242 g/mol. The highest BCUT2D eigenvalue weighted by molar-refractivity contribution is 5.86. The zero-order valence-corrected chi connectivity index (χ0v) is 9.89. The van der Waals surface area contributed by atoms with E-state index >= 15 is 0 Å². The van der Waals surface area contributed by atoms with Crippen molar-refractivity contribution in [2.24, 2.45) is 0 Å². The summed E-state index contributed by atoms with van der Waals surface area (Å²) in [5.74, 6) is -0.795. The molecule has 0 saturated carbocycles. The highest BCUT2D eigenvalue weighted by Gasteiger charge is 2.15. The van der Waals surface area contributed by atoms with Gasteiger partial charge in [0.1, 0.15) is 0 Å².